The summed E-state index contributed by atoms with van der Waals surface area (Å²) in [6.45, 7) is 4.80. The van der Waals surface area contributed by atoms with E-state index < -0.39 is 17.6 Å². The van der Waals surface area contributed by atoms with Crippen molar-refractivity contribution < 1.29 is 27.6 Å². The lowest BCUT2D eigenvalue weighted by atomic mass is 9.81. The highest BCUT2D eigenvalue weighted by Crippen LogP contribution is 2.38. The van der Waals surface area contributed by atoms with Crippen LogP contribution in [0.3, 0.4) is 0 Å². The zero-order valence-corrected chi connectivity index (χ0v) is 17.8. The van der Waals surface area contributed by atoms with Crippen molar-refractivity contribution in [2.45, 2.75) is 52.1 Å². The lowest BCUT2D eigenvalue weighted by Gasteiger charge is -2.25. The van der Waals surface area contributed by atoms with Gasteiger partial charge in [0.25, 0.3) is 0 Å². The third kappa shape index (κ3) is 4.85. The molecule has 1 saturated heterocycles. The number of fused-ring (bicyclic) bond motifs is 1. The van der Waals surface area contributed by atoms with Crippen molar-refractivity contribution in [3.8, 4) is 0 Å². The van der Waals surface area contributed by atoms with Crippen LogP contribution in [0.25, 0.3) is 0 Å². The Balaban J connectivity index is 1.72. The first kappa shape index (κ1) is 23.1. The second-order valence-corrected chi connectivity index (χ2v) is 8.03. The van der Waals surface area contributed by atoms with E-state index in [9.17, 15) is 27.6 Å². The topological polar surface area (TPSA) is 69.7 Å². The van der Waals surface area contributed by atoms with Crippen LogP contribution in [0.1, 0.15) is 51.5 Å². The van der Waals surface area contributed by atoms with Gasteiger partial charge < -0.3 is 10.2 Å². The average molecular weight is 439 g/mol. The normalized spacial score (nSPS) is 21.3. The number of alkyl halides is 3. The highest BCUT2D eigenvalue weighted by molar-refractivity contribution is 6.05. The predicted molar refractivity (Wildman–Crippen MR) is 110 cm³/mol. The maximum Gasteiger partial charge on any atom is 0.416 e. The van der Waals surface area contributed by atoms with Gasteiger partial charge in [0.1, 0.15) is 0 Å². The molecule has 1 aliphatic heterocycles. The molecule has 1 aromatic rings. The summed E-state index contributed by atoms with van der Waals surface area (Å²) in [5.41, 5.74) is -0.297. The van der Waals surface area contributed by atoms with Crippen molar-refractivity contribution in [1.29, 1.82) is 0 Å². The van der Waals surface area contributed by atoms with Crippen LogP contribution in [-0.2, 0) is 20.6 Å². The van der Waals surface area contributed by atoms with Crippen LogP contribution in [0.2, 0.25) is 0 Å². The number of hydrogen-bond acceptors (Lipinski definition) is 4. The number of imide groups is 1. The number of anilines is 2. The first-order valence-electron chi connectivity index (χ1n) is 10.8. The van der Waals surface area contributed by atoms with E-state index in [-0.39, 0.29) is 42.3 Å². The number of carbonyl (C=O) groups is 3. The first-order chi connectivity index (χ1) is 14.7. The lowest BCUT2D eigenvalue weighted by Crippen LogP contribution is -2.34. The fourth-order valence-electron chi connectivity index (χ4n) is 4.53. The maximum atomic E-state index is 13.2. The Kier molecular flexibility index (Phi) is 6.91. The van der Waals surface area contributed by atoms with E-state index in [0.717, 1.165) is 29.9 Å². The predicted octanol–water partition coefficient (Wildman–Crippen LogP) is 4.06. The molecular formula is C22H28F3N3O3. The minimum Gasteiger partial charge on any atom is -0.370 e. The Hall–Kier alpha value is -2.58. The van der Waals surface area contributed by atoms with Gasteiger partial charge in [-0.2, -0.15) is 13.2 Å². The number of hydrogen-bond donors (Lipinski definition) is 1. The number of likely N-dealkylation sites (tertiary alicyclic amines) is 1. The second kappa shape index (κ2) is 9.28. The molecule has 2 unspecified atom stereocenters. The number of benzene rings is 1. The third-order valence-corrected chi connectivity index (χ3v) is 6.20. The molecule has 1 aromatic carbocycles. The van der Waals surface area contributed by atoms with Gasteiger partial charge in [0.05, 0.1) is 28.8 Å². The molecule has 1 heterocycles. The van der Waals surface area contributed by atoms with Crippen molar-refractivity contribution in [1.82, 2.24) is 4.90 Å². The number of nitrogens with zero attached hydrogens (tertiary/aromatic N) is 2. The van der Waals surface area contributed by atoms with Gasteiger partial charge in [0.15, 0.2) is 0 Å². The van der Waals surface area contributed by atoms with Gasteiger partial charge in [0.2, 0.25) is 17.7 Å². The molecular weight excluding hydrogens is 411 g/mol. The molecule has 9 heteroatoms. The minimum absolute atomic E-state index is 0.0595. The zero-order valence-electron chi connectivity index (χ0n) is 17.8. The number of nitrogens with one attached hydrogen (secondary N) is 1. The molecule has 0 aromatic heterocycles. The molecule has 6 nitrogen and oxygen atoms in total. The summed E-state index contributed by atoms with van der Waals surface area (Å²) >= 11 is 0. The number of amides is 3. The van der Waals surface area contributed by atoms with Crippen molar-refractivity contribution >= 4 is 29.1 Å². The van der Waals surface area contributed by atoms with Gasteiger partial charge in [-0.25, -0.2) is 0 Å². The van der Waals surface area contributed by atoms with E-state index in [1.165, 1.54) is 6.07 Å². The SMILES string of the molecule is CCN(CC)c1ccc(C(F)(F)F)cc1NC(=O)CCN1C(=O)C2CCCCC2C1=O. The molecule has 0 bridgehead atoms. The van der Waals surface area contributed by atoms with E-state index in [1.54, 1.807) is 0 Å². The van der Waals surface area contributed by atoms with Gasteiger partial charge in [-0.1, -0.05) is 12.8 Å². The van der Waals surface area contributed by atoms with Crippen LogP contribution in [0, 0.1) is 11.8 Å². The zero-order chi connectivity index (χ0) is 22.8. The van der Waals surface area contributed by atoms with E-state index >= 15 is 0 Å². The van der Waals surface area contributed by atoms with Crippen molar-refractivity contribution in [3.63, 3.8) is 0 Å². The van der Waals surface area contributed by atoms with Crippen LogP contribution in [-0.4, -0.2) is 42.3 Å². The van der Waals surface area contributed by atoms with Gasteiger partial charge in [-0.3, -0.25) is 19.3 Å². The summed E-state index contributed by atoms with van der Waals surface area (Å²) in [7, 11) is 0. The van der Waals surface area contributed by atoms with Crippen LogP contribution < -0.4 is 10.2 Å². The van der Waals surface area contributed by atoms with Crippen molar-refractivity contribution in [2.24, 2.45) is 11.8 Å². The molecule has 0 spiro atoms. The molecule has 3 rings (SSSR count). The number of carbonyl (C=O) groups excluding carboxylic acids is 3. The van der Waals surface area contributed by atoms with E-state index in [4.69, 9.17) is 0 Å². The van der Waals surface area contributed by atoms with Gasteiger partial charge >= 0.3 is 6.18 Å². The monoisotopic (exact) mass is 439 g/mol. The van der Waals surface area contributed by atoms with E-state index in [1.807, 2.05) is 18.7 Å². The van der Waals surface area contributed by atoms with Crippen LogP contribution in [0.4, 0.5) is 24.5 Å². The minimum atomic E-state index is -4.54. The Labute approximate surface area is 179 Å². The molecule has 31 heavy (non-hydrogen) atoms. The quantitative estimate of drug-likeness (QED) is 0.651. The summed E-state index contributed by atoms with van der Waals surface area (Å²) in [6.07, 6.45) is -1.49. The maximum absolute atomic E-state index is 13.2. The van der Waals surface area contributed by atoms with E-state index in [2.05, 4.69) is 5.32 Å². The van der Waals surface area contributed by atoms with Crippen molar-refractivity contribution in [3.05, 3.63) is 23.8 Å². The summed E-state index contributed by atoms with van der Waals surface area (Å²) in [5, 5.41) is 2.56. The van der Waals surface area contributed by atoms with E-state index in [0.29, 0.717) is 31.6 Å². The first-order valence-corrected chi connectivity index (χ1v) is 10.8. The lowest BCUT2D eigenvalue weighted by molar-refractivity contribution is -0.140. The van der Waals surface area contributed by atoms with Crippen molar-refractivity contribution in [2.75, 3.05) is 29.9 Å². The van der Waals surface area contributed by atoms with Crippen LogP contribution in [0.15, 0.2) is 18.2 Å². The molecule has 1 saturated carbocycles. The summed E-state index contributed by atoms with van der Waals surface area (Å²) in [6, 6.07) is 3.27. The fraction of sp³-hybridized carbons (Fsp3) is 0.591. The number of halogens is 3. The van der Waals surface area contributed by atoms with Crippen LogP contribution in [0.5, 0.6) is 0 Å². The third-order valence-electron chi connectivity index (χ3n) is 6.20. The molecule has 2 aliphatic rings. The number of rotatable bonds is 7. The van der Waals surface area contributed by atoms with Gasteiger partial charge in [-0.15, -0.1) is 0 Å². The standard InChI is InChI=1S/C22H28F3N3O3/c1-3-27(4-2)18-10-9-14(22(23,24)25)13-17(18)26-19(29)11-12-28-20(30)15-7-5-6-8-16(15)21(28)31/h9-10,13,15-16H,3-8,11-12H2,1-2H3,(H,26,29). The second-order valence-electron chi connectivity index (χ2n) is 8.03. The Morgan fingerprint density at radius 1 is 1.10 bits per heavy atom. The molecule has 1 aliphatic carbocycles. The Bertz CT molecular complexity index is 828. The molecule has 2 atom stereocenters. The summed E-state index contributed by atoms with van der Waals surface area (Å²) in [5.74, 6) is -1.58. The molecule has 1 N–H and O–H groups in total. The van der Waals surface area contributed by atoms with Gasteiger partial charge in [0, 0.05) is 26.1 Å². The highest BCUT2D eigenvalue weighted by atomic mass is 19.4. The smallest absolute Gasteiger partial charge is 0.370 e. The molecule has 0 radical (unpaired) electrons. The molecule has 3 amide bonds. The Morgan fingerprint density at radius 3 is 2.19 bits per heavy atom. The average Bonchev–Trinajstić information content (AvgIpc) is 2.98. The largest absolute Gasteiger partial charge is 0.416 e. The Morgan fingerprint density at radius 2 is 1.68 bits per heavy atom. The summed E-state index contributed by atoms with van der Waals surface area (Å²) < 4.78 is 39.5. The fourth-order valence-corrected chi connectivity index (χ4v) is 4.53. The highest BCUT2D eigenvalue weighted by Gasteiger charge is 2.47. The molecule has 170 valence electrons. The summed E-state index contributed by atoms with van der Waals surface area (Å²) in [4.78, 5) is 40.6. The molecule has 2 fully saturated rings. The van der Waals surface area contributed by atoms with Gasteiger partial charge in [-0.05, 0) is 44.9 Å². The van der Waals surface area contributed by atoms with Crippen LogP contribution >= 0.6 is 0 Å².